The van der Waals surface area contributed by atoms with Gasteiger partial charge in [0.2, 0.25) is 11.9 Å². The van der Waals surface area contributed by atoms with Crippen LogP contribution in [0.15, 0.2) is 18.3 Å². The Kier molecular flexibility index (Phi) is 6.93. The van der Waals surface area contributed by atoms with E-state index in [1.54, 1.807) is 4.57 Å². The highest BCUT2D eigenvalue weighted by Gasteiger charge is 2.23. The number of aromatic nitrogens is 4. The van der Waals surface area contributed by atoms with Crippen LogP contribution >= 0.6 is 0 Å². The molecule has 0 amide bonds. The minimum atomic E-state index is -1.12. The Balaban J connectivity index is 2.11. The van der Waals surface area contributed by atoms with E-state index in [0.29, 0.717) is 42.2 Å². The minimum absolute atomic E-state index is 0.0542. The fraction of sp³-hybridized carbons (Fsp3) is 0.400. The molecule has 0 saturated heterocycles. The van der Waals surface area contributed by atoms with E-state index in [1.165, 1.54) is 6.20 Å². The summed E-state index contributed by atoms with van der Waals surface area (Å²) in [5.41, 5.74) is 0.181. The Morgan fingerprint density at radius 3 is 2.52 bits per heavy atom. The Hall–Kier alpha value is -3.37. The number of carbonyl (C=O) groups is 1. The topological polar surface area (TPSA) is 105 Å². The number of imidazole rings is 1. The quantitative estimate of drug-likeness (QED) is 0.426. The van der Waals surface area contributed by atoms with E-state index in [0.717, 1.165) is 6.42 Å². The van der Waals surface area contributed by atoms with Crippen molar-refractivity contribution in [1.29, 1.82) is 0 Å². The van der Waals surface area contributed by atoms with E-state index in [2.05, 4.69) is 25.6 Å². The van der Waals surface area contributed by atoms with Crippen LogP contribution in [0.1, 0.15) is 45.6 Å². The first-order chi connectivity index (χ1) is 14.8. The number of carboxylic acid groups (broad SMARTS) is 1. The van der Waals surface area contributed by atoms with Gasteiger partial charge in [-0.3, -0.25) is 9.36 Å². The summed E-state index contributed by atoms with van der Waals surface area (Å²) in [6.45, 7) is 4.49. The van der Waals surface area contributed by atoms with Crippen LogP contribution in [-0.2, 0) is 4.79 Å². The molecule has 0 aliphatic carbocycles. The third-order valence-corrected chi connectivity index (χ3v) is 4.74. The van der Waals surface area contributed by atoms with Crippen molar-refractivity contribution in [2.45, 2.75) is 45.6 Å². The number of hydrogen-bond acceptors (Lipinski definition) is 6. The molecule has 3 aromatic rings. The van der Waals surface area contributed by atoms with Gasteiger partial charge < -0.3 is 15.7 Å². The number of fused-ring (bicyclic) bond motifs is 1. The minimum Gasteiger partial charge on any atom is -0.481 e. The summed E-state index contributed by atoms with van der Waals surface area (Å²) in [6, 6.07) is 0.753. The van der Waals surface area contributed by atoms with Crippen LogP contribution in [-0.4, -0.2) is 37.1 Å². The van der Waals surface area contributed by atoms with Gasteiger partial charge >= 0.3 is 5.97 Å². The van der Waals surface area contributed by atoms with Crippen molar-refractivity contribution in [2.24, 2.45) is 0 Å². The normalized spacial score (nSPS) is 12.2. The third kappa shape index (κ3) is 5.04. The largest absolute Gasteiger partial charge is 0.481 e. The Morgan fingerprint density at radius 1 is 1.19 bits per heavy atom. The van der Waals surface area contributed by atoms with Gasteiger partial charge in [-0.25, -0.2) is 23.1 Å². The molecule has 3 rings (SSSR count). The zero-order chi connectivity index (χ0) is 22.5. The standard InChI is InChI=1S/C20H23F3N6O2/c1-3-7-24-19-25-10-15-18(28-19)29(12(4-2)5-6-16(30)31)20(26-15)27-17-13(22)8-11(21)9-14(17)23/h8-10,12H,3-7H2,1-2H3,(H,26,27)(H,30,31)(H,24,25,28)/t12-/m1/s1. The van der Waals surface area contributed by atoms with E-state index in [4.69, 9.17) is 5.11 Å². The van der Waals surface area contributed by atoms with Crippen LogP contribution in [0.25, 0.3) is 11.2 Å². The number of nitrogens with zero attached hydrogens (tertiary/aromatic N) is 4. The number of rotatable bonds is 10. The van der Waals surface area contributed by atoms with Gasteiger partial charge in [0.1, 0.15) is 17.0 Å². The van der Waals surface area contributed by atoms with E-state index in [1.807, 2.05) is 13.8 Å². The van der Waals surface area contributed by atoms with Crippen molar-refractivity contribution < 1.29 is 23.1 Å². The molecule has 1 aromatic carbocycles. The summed E-state index contributed by atoms with van der Waals surface area (Å²) < 4.78 is 43.4. The SMILES string of the molecule is CCCNc1ncc2nc(Nc3c(F)cc(F)cc3F)n([C@H](CC)CCC(=O)O)c2n1. The van der Waals surface area contributed by atoms with Crippen LogP contribution < -0.4 is 10.6 Å². The lowest BCUT2D eigenvalue weighted by molar-refractivity contribution is -0.137. The smallest absolute Gasteiger partial charge is 0.303 e. The summed E-state index contributed by atoms with van der Waals surface area (Å²) in [4.78, 5) is 24.1. The molecule has 2 heterocycles. The van der Waals surface area contributed by atoms with E-state index < -0.39 is 29.1 Å². The fourth-order valence-electron chi connectivity index (χ4n) is 3.23. The van der Waals surface area contributed by atoms with E-state index in [9.17, 15) is 18.0 Å². The summed E-state index contributed by atoms with van der Waals surface area (Å²) >= 11 is 0. The molecule has 166 valence electrons. The summed E-state index contributed by atoms with van der Waals surface area (Å²) in [5, 5.41) is 14.8. The zero-order valence-corrected chi connectivity index (χ0v) is 17.1. The number of nitrogens with one attached hydrogen (secondary N) is 2. The van der Waals surface area contributed by atoms with Crippen LogP contribution in [0, 0.1) is 17.5 Å². The lowest BCUT2D eigenvalue weighted by atomic mass is 10.1. The maximum absolute atomic E-state index is 14.2. The molecule has 0 aliphatic heterocycles. The van der Waals surface area contributed by atoms with Gasteiger partial charge in [0.25, 0.3) is 0 Å². The van der Waals surface area contributed by atoms with E-state index >= 15 is 0 Å². The van der Waals surface area contributed by atoms with Crippen molar-refractivity contribution in [3.05, 3.63) is 35.8 Å². The van der Waals surface area contributed by atoms with Crippen LogP contribution in [0.3, 0.4) is 0 Å². The number of aliphatic carboxylic acids is 1. The Bertz CT molecular complexity index is 1070. The average molecular weight is 436 g/mol. The van der Waals surface area contributed by atoms with Gasteiger partial charge in [-0.15, -0.1) is 0 Å². The van der Waals surface area contributed by atoms with Crippen molar-refractivity contribution in [3.63, 3.8) is 0 Å². The summed E-state index contributed by atoms with van der Waals surface area (Å²) in [6.07, 6.45) is 2.99. The van der Waals surface area contributed by atoms with Crippen molar-refractivity contribution in [2.75, 3.05) is 17.2 Å². The first-order valence-corrected chi connectivity index (χ1v) is 9.96. The van der Waals surface area contributed by atoms with Gasteiger partial charge in [0.15, 0.2) is 17.3 Å². The summed E-state index contributed by atoms with van der Waals surface area (Å²) in [7, 11) is 0. The molecular formula is C20H23F3N6O2. The zero-order valence-electron chi connectivity index (χ0n) is 17.1. The van der Waals surface area contributed by atoms with Crippen LogP contribution in [0.5, 0.6) is 0 Å². The van der Waals surface area contributed by atoms with Gasteiger partial charge in [-0.05, 0) is 19.3 Å². The maximum atomic E-state index is 14.2. The lowest BCUT2D eigenvalue weighted by Crippen LogP contribution is -2.15. The molecule has 0 fully saturated rings. The van der Waals surface area contributed by atoms with Crippen molar-refractivity contribution >= 4 is 34.7 Å². The first-order valence-electron chi connectivity index (χ1n) is 9.96. The highest BCUT2D eigenvalue weighted by molar-refractivity contribution is 5.77. The molecule has 0 saturated carbocycles. The highest BCUT2D eigenvalue weighted by Crippen LogP contribution is 2.32. The van der Waals surface area contributed by atoms with E-state index in [-0.39, 0.29) is 24.8 Å². The van der Waals surface area contributed by atoms with Gasteiger partial charge in [0.05, 0.1) is 6.20 Å². The molecule has 8 nitrogen and oxygen atoms in total. The van der Waals surface area contributed by atoms with Crippen LogP contribution in [0.4, 0.5) is 30.8 Å². The molecular weight excluding hydrogens is 413 g/mol. The van der Waals surface area contributed by atoms with Crippen molar-refractivity contribution in [3.8, 4) is 0 Å². The summed E-state index contributed by atoms with van der Waals surface area (Å²) in [5.74, 6) is -3.84. The van der Waals surface area contributed by atoms with Crippen LogP contribution in [0.2, 0.25) is 0 Å². The molecule has 11 heteroatoms. The van der Waals surface area contributed by atoms with Crippen molar-refractivity contribution in [1.82, 2.24) is 19.5 Å². The second-order valence-electron chi connectivity index (χ2n) is 7.00. The predicted octanol–water partition coefficient (Wildman–Crippen LogP) is 4.63. The monoisotopic (exact) mass is 436 g/mol. The number of hydrogen-bond donors (Lipinski definition) is 3. The predicted molar refractivity (Wildman–Crippen MR) is 110 cm³/mol. The number of benzene rings is 1. The van der Waals surface area contributed by atoms with Gasteiger partial charge in [-0.2, -0.15) is 4.98 Å². The first kappa shape index (κ1) is 22.3. The number of carboxylic acids is 1. The second-order valence-corrected chi connectivity index (χ2v) is 7.00. The molecule has 0 spiro atoms. The number of anilines is 3. The average Bonchev–Trinajstić information content (AvgIpc) is 3.07. The molecule has 2 aromatic heterocycles. The fourth-order valence-corrected chi connectivity index (χ4v) is 3.23. The van der Waals surface area contributed by atoms with Gasteiger partial charge in [-0.1, -0.05) is 13.8 Å². The third-order valence-electron chi connectivity index (χ3n) is 4.74. The Morgan fingerprint density at radius 2 is 1.90 bits per heavy atom. The molecule has 0 bridgehead atoms. The molecule has 0 aliphatic rings. The molecule has 0 radical (unpaired) electrons. The van der Waals surface area contributed by atoms with Gasteiger partial charge in [0, 0.05) is 31.1 Å². The number of halogens is 3. The molecule has 31 heavy (non-hydrogen) atoms. The molecule has 3 N–H and O–H groups in total. The molecule has 0 unspecified atom stereocenters. The molecule has 1 atom stereocenters. The second kappa shape index (κ2) is 9.63. The lowest BCUT2D eigenvalue weighted by Gasteiger charge is -2.20. The Labute approximate surface area is 176 Å². The maximum Gasteiger partial charge on any atom is 0.303 e. The highest BCUT2D eigenvalue weighted by atomic mass is 19.1.